The minimum Gasteiger partial charge on any atom is -0.490 e. The van der Waals surface area contributed by atoms with Gasteiger partial charge in [-0.25, -0.2) is 17.7 Å². The van der Waals surface area contributed by atoms with E-state index in [1.165, 1.54) is 31.4 Å². The summed E-state index contributed by atoms with van der Waals surface area (Å²) in [6.45, 7) is 0.240. The zero-order valence-corrected chi connectivity index (χ0v) is 23.4. The number of nitrogens with zero attached hydrogens (tertiary/aromatic N) is 2. The molecule has 10 nitrogen and oxygen atoms in total. The highest BCUT2D eigenvalue weighted by Crippen LogP contribution is 2.36. The molecule has 0 bridgehead atoms. The third-order valence-corrected chi connectivity index (χ3v) is 8.13. The quantitative estimate of drug-likeness (QED) is 0.311. The molecule has 3 aromatic rings. The largest absolute Gasteiger partial charge is 0.490 e. The number of benzene rings is 1. The zero-order valence-electron chi connectivity index (χ0n) is 19.5. The molecular formula is C22H22Cl3N5O5S2. The number of hydrogen-bond donors (Lipinski definition) is 3. The van der Waals surface area contributed by atoms with Crippen molar-refractivity contribution in [2.24, 2.45) is 5.73 Å². The summed E-state index contributed by atoms with van der Waals surface area (Å²) in [4.78, 5) is 30.5. The van der Waals surface area contributed by atoms with Crippen molar-refractivity contribution in [3.8, 4) is 5.75 Å². The summed E-state index contributed by atoms with van der Waals surface area (Å²) >= 11 is 19.5. The van der Waals surface area contributed by atoms with Gasteiger partial charge in [0.25, 0.3) is 11.8 Å². The van der Waals surface area contributed by atoms with Gasteiger partial charge in [-0.1, -0.05) is 34.8 Å². The van der Waals surface area contributed by atoms with E-state index in [0.717, 1.165) is 21.9 Å². The number of carbonyl (C=O) groups excluding carboxylic acids is 2. The van der Waals surface area contributed by atoms with Gasteiger partial charge in [-0.15, -0.1) is 11.3 Å². The van der Waals surface area contributed by atoms with Crippen LogP contribution in [0.2, 0.25) is 15.1 Å². The van der Waals surface area contributed by atoms with Gasteiger partial charge in [-0.05, 0) is 29.1 Å². The molecule has 1 aromatic carbocycles. The Hall–Kier alpha value is -2.45. The molecule has 0 aliphatic rings. The third kappa shape index (κ3) is 7.54. The lowest BCUT2D eigenvalue weighted by Gasteiger charge is -2.17. The molecule has 0 aliphatic heterocycles. The van der Waals surface area contributed by atoms with Crippen LogP contribution < -0.4 is 21.1 Å². The average molecular weight is 607 g/mol. The van der Waals surface area contributed by atoms with Crippen molar-refractivity contribution in [1.82, 2.24) is 9.29 Å². The molecule has 0 atom stereocenters. The Morgan fingerprint density at radius 1 is 1.14 bits per heavy atom. The highest BCUT2D eigenvalue weighted by atomic mass is 35.5. The second-order valence-corrected chi connectivity index (χ2v) is 11.9. The molecule has 0 unspecified atom stereocenters. The van der Waals surface area contributed by atoms with Crippen LogP contribution in [0.3, 0.4) is 0 Å². The first-order valence-corrected chi connectivity index (χ1v) is 14.3. The Morgan fingerprint density at radius 3 is 2.49 bits per heavy atom. The standard InChI is InChI=1S/C22H22Cl3N5O5S2/c1-30(37(2,33)34)10-12-11-36-20(18(12)25)22(32)29-19-15(7-14(24)8-16(19)35-6-5-26)21(31)28-17-4-3-13(23)9-27-17/h3-4,7-9,11H,5-6,10,26H2,1-2H3,(H,29,32)(H,27,28,31). The minimum atomic E-state index is -3.46. The van der Waals surface area contributed by atoms with E-state index < -0.39 is 21.8 Å². The van der Waals surface area contributed by atoms with Gasteiger partial charge in [0.15, 0.2) is 0 Å². The van der Waals surface area contributed by atoms with E-state index in [2.05, 4.69) is 15.6 Å². The molecule has 4 N–H and O–H groups in total. The van der Waals surface area contributed by atoms with Gasteiger partial charge in [0.05, 0.1) is 27.6 Å². The van der Waals surface area contributed by atoms with E-state index in [1.54, 1.807) is 11.4 Å². The summed E-state index contributed by atoms with van der Waals surface area (Å²) in [5.74, 6) is -0.929. The van der Waals surface area contributed by atoms with Crippen molar-refractivity contribution in [1.29, 1.82) is 0 Å². The van der Waals surface area contributed by atoms with Crippen LogP contribution >= 0.6 is 46.1 Å². The molecular weight excluding hydrogens is 585 g/mol. The Morgan fingerprint density at radius 2 is 1.86 bits per heavy atom. The van der Waals surface area contributed by atoms with Crippen molar-refractivity contribution in [3.05, 3.63) is 66.9 Å². The molecule has 2 heterocycles. The first-order chi connectivity index (χ1) is 17.4. The fourth-order valence-electron chi connectivity index (χ4n) is 2.97. The van der Waals surface area contributed by atoms with Crippen molar-refractivity contribution in [2.45, 2.75) is 6.54 Å². The maximum atomic E-state index is 13.2. The van der Waals surface area contributed by atoms with Crippen molar-refractivity contribution >= 4 is 79.5 Å². The van der Waals surface area contributed by atoms with Crippen LogP contribution in [0.15, 0.2) is 35.8 Å². The van der Waals surface area contributed by atoms with Crippen LogP contribution in [0.1, 0.15) is 25.6 Å². The lowest BCUT2D eigenvalue weighted by atomic mass is 10.1. The van der Waals surface area contributed by atoms with Gasteiger partial charge in [0, 0.05) is 37.4 Å². The van der Waals surface area contributed by atoms with Gasteiger partial charge < -0.3 is 21.1 Å². The number of ether oxygens (including phenoxy) is 1. The number of amides is 2. The van der Waals surface area contributed by atoms with Crippen LogP contribution in [0.25, 0.3) is 0 Å². The monoisotopic (exact) mass is 605 g/mol. The Kier molecular flexibility index (Phi) is 9.75. The molecule has 0 fully saturated rings. The molecule has 198 valence electrons. The number of halogens is 3. The van der Waals surface area contributed by atoms with E-state index in [4.69, 9.17) is 45.3 Å². The molecule has 37 heavy (non-hydrogen) atoms. The predicted octanol–water partition coefficient (Wildman–Crippen LogP) is 4.34. The van der Waals surface area contributed by atoms with Crippen molar-refractivity contribution in [2.75, 3.05) is 37.1 Å². The summed E-state index contributed by atoms with van der Waals surface area (Å²) in [5, 5.41) is 7.54. The SMILES string of the molecule is CN(Cc1csc(C(=O)Nc2c(OCCN)cc(Cl)cc2C(=O)Nc2ccc(Cl)cn2)c1Cl)S(C)(=O)=O. The predicted molar refractivity (Wildman–Crippen MR) is 147 cm³/mol. The van der Waals surface area contributed by atoms with E-state index in [-0.39, 0.29) is 57.4 Å². The second kappa shape index (κ2) is 12.4. The van der Waals surface area contributed by atoms with Crippen molar-refractivity contribution in [3.63, 3.8) is 0 Å². The third-order valence-electron chi connectivity index (χ3n) is 4.86. The van der Waals surface area contributed by atoms with Gasteiger partial charge in [0.2, 0.25) is 10.0 Å². The number of rotatable bonds is 10. The molecule has 2 amide bonds. The van der Waals surface area contributed by atoms with Crippen LogP contribution in [0.5, 0.6) is 5.75 Å². The fraction of sp³-hybridized carbons (Fsp3) is 0.227. The van der Waals surface area contributed by atoms with Gasteiger partial charge in [0.1, 0.15) is 23.1 Å². The summed E-state index contributed by atoms with van der Waals surface area (Å²) in [7, 11) is -2.06. The molecule has 15 heteroatoms. The fourth-order valence-corrected chi connectivity index (χ4v) is 4.91. The number of thiophene rings is 1. The molecule has 0 saturated heterocycles. The summed E-state index contributed by atoms with van der Waals surface area (Å²) in [5.41, 5.74) is 6.04. The number of aromatic nitrogens is 1. The number of hydrogen-bond acceptors (Lipinski definition) is 8. The number of pyridine rings is 1. The smallest absolute Gasteiger partial charge is 0.267 e. The van der Waals surface area contributed by atoms with Gasteiger partial charge >= 0.3 is 0 Å². The van der Waals surface area contributed by atoms with Crippen LogP contribution in [0, 0.1) is 0 Å². The molecule has 0 saturated carbocycles. The van der Waals surface area contributed by atoms with E-state index in [9.17, 15) is 18.0 Å². The Bertz CT molecular complexity index is 1410. The van der Waals surface area contributed by atoms with Gasteiger partial charge in [-0.2, -0.15) is 0 Å². The molecule has 0 spiro atoms. The summed E-state index contributed by atoms with van der Waals surface area (Å²) < 4.78 is 30.3. The molecule has 3 rings (SSSR count). The maximum absolute atomic E-state index is 13.2. The Balaban J connectivity index is 1.95. The molecule has 0 aliphatic carbocycles. The lowest BCUT2D eigenvalue weighted by Crippen LogP contribution is -2.24. The van der Waals surface area contributed by atoms with Crippen LogP contribution in [-0.4, -0.2) is 56.0 Å². The minimum absolute atomic E-state index is 0.00525. The lowest BCUT2D eigenvalue weighted by molar-refractivity contribution is 0.102. The number of sulfonamides is 1. The zero-order chi connectivity index (χ0) is 27.3. The topological polar surface area (TPSA) is 144 Å². The first-order valence-electron chi connectivity index (χ1n) is 10.5. The van der Waals surface area contributed by atoms with E-state index >= 15 is 0 Å². The summed E-state index contributed by atoms with van der Waals surface area (Å²) in [6.07, 6.45) is 2.43. The average Bonchev–Trinajstić information content (AvgIpc) is 3.19. The normalized spacial score (nSPS) is 11.4. The highest BCUT2D eigenvalue weighted by Gasteiger charge is 2.24. The molecule has 2 aromatic heterocycles. The van der Waals surface area contributed by atoms with E-state index in [0.29, 0.717) is 10.6 Å². The first kappa shape index (κ1) is 29.1. The maximum Gasteiger partial charge on any atom is 0.267 e. The van der Waals surface area contributed by atoms with Crippen LogP contribution in [-0.2, 0) is 16.6 Å². The van der Waals surface area contributed by atoms with E-state index in [1.807, 2.05) is 0 Å². The summed E-state index contributed by atoms with van der Waals surface area (Å²) in [6, 6.07) is 5.86. The number of anilines is 2. The number of carbonyl (C=O) groups is 2. The van der Waals surface area contributed by atoms with Gasteiger partial charge in [-0.3, -0.25) is 9.59 Å². The van der Waals surface area contributed by atoms with Crippen LogP contribution in [0.4, 0.5) is 11.5 Å². The Labute approximate surface area is 232 Å². The second-order valence-electron chi connectivity index (χ2n) is 7.66. The van der Waals surface area contributed by atoms with Crippen molar-refractivity contribution < 1.29 is 22.7 Å². The number of nitrogens with one attached hydrogen (secondary N) is 2. The molecule has 0 radical (unpaired) electrons. The highest BCUT2D eigenvalue weighted by molar-refractivity contribution is 7.88. The number of nitrogens with two attached hydrogens (primary N) is 1.